The lowest BCUT2D eigenvalue weighted by molar-refractivity contribution is 0.0265. The van der Waals surface area contributed by atoms with Gasteiger partial charge in [0.15, 0.2) is 0 Å². The Labute approximate surface area is 114 Å². The van der Waals surface area contributed by atoms with Crippen molar-refractivity contribution in [3.63, 3.8) is 0 Å². The topological polar surface area (TPSA) is 81.4 Å². The van der Waals surface area contributed by atoms with Gasteiger partial charge >= 0.3 is 0 Å². The molecule has 1 aliphatic heterocycles. The van der Waals surface area contributed by atoms with Crippen molar-refractivity contribution in [1.29, 1.82) is 0 Å². The third-order valence-corrected chi connectivity index (χ3v) is 5.07. The fraction of sp³-hybridized carbons (Fsp3) is 0.538. The molecule has 0 spiro atoms. The van der Waals surface area contributed by atoms with E-state index >= 15 is 0 Å². The number of nitrogens with two attached hydrogens (primary N) is 1. The second-order valence-corrected chi connectivity index (χ2v) is 7.02. The molecule has 0 aliphatic carbocycles. The highest BCUT2D eigenvalue weighted by Crippen LogP contribution is 2.29. The van der Waals surface area contributed by atoms with E-state index in [1.165, 1.54) is 6.07 Å². The number of anilines is 1. The molecule has 106 valence electrons. The number of benzene rings is 1. The normalized spacial score (nSPS) is 19.2. The zero-order valence-electron chi connectivity index (χ0n) is 11.1. The Morgan fingerprint density at radius 3 is 2.58 bits per heavy atom. The van der Waals surface area contributed by atoms with Gasteiger partial charge in [0.1, 0.15) is 4.90 Å². The van der Waals surface area contributed by atoms with Gasteiger partial charge in [0.2, 0.25) is 10.0 Å². The van der Waals surface area contributed by atoms with Crippen molar-refractivity contribution in [2.24, 2.45) is 5.41 Å². The Kier molecular flexibility index (Phi) is 4.13. The van der Waals surface area contributed by atoms with E-state index in [9.17, 15) is 8.42 Å². The second-order valence-electron chi connectivity index (χ2n) is 5.29. The zero-order valence-corrected chi connectivity index (χ0v) is 11.9. The number of nitrogen functional groups attached to an aromatic ring is 1. The quantitative estimate of drug-likeness (QED) is 0.818. The molecule has 1 aromatic carbocycles. The first-order valence-corrected chi connectivity index (χ1v) is 7.83. The number of hydrogen-bond donors (Lipinski definition) is 2. The van der Waals surface area contributed by atoms with E-state index in [1.54, 1.807) is 18.2 Å². The van der Waals surface area contributed by atoms with Gasteiger partial charge in [-0.05, 0) is 30.4 Å². The van der Waals surface area contributed by atoms with Crippen molar-refractivity contribution in [2.45, 2.75) is 24.7 Å². The molecule has 0 radical (unpaired) electrons. The lowest BCUT2D eigenvalue weighted by atomic mass is 9.83. The zero-order chi connectivity index (χ0) is 13.9. The van der Waals surface area contributed by atoms with Gasteiger partial charge in [0.05, 0.1) is 5.69 Å². The average Bonchev–Trinajstić information content (AvgIpc) is 2.38. The van der Waals surface area contributed by atoms with Crippen molar-refractivity contribution in [3.05, 3.63) is 24.3 Å². The first-order valence-electron chi connectivity index (χ1n) is 6.35. The molecule has 5 nitrogen and oxygen atoms in total. The predicted molar refractivity (Wildman–Crippen MR) is 74.2 cm³/mol. The summed E-state index contributed by atoms with van der Waals surface area (Å²) in [7, 11) is -3.54. The number of ether oxygens (including phenoxy) is 1. The lowest BCUT2D eigenvalue weighted by Gasteiger charge is -2.33. The first kappa shape index (κ1) is 14.3. The van der Waals surface area contributed by atoms with E-state index in [4.69, 9.17) is 10.5 Å². The van der Waals surface area contributed by atoms with E-state index < -0.39 is 10.0 Å². The smallest absolute Gasteiger partial charge is 0.242 e. The van der Waals surface area contributed by atoms with Crippen molar-refractivity contribution in [2.75, 3.05) is 25.5 Å². The molecule has 2 rings (SSSR count). The molecule has 1 fully saturated rings. The standard InChI is InChI=1S/C13H20N2O3S/c1-13(6-8-18-9-7-13)10-15-19(16,17)12-5-3-2-4-11(12)14/h2-5,15H,6-10,14H2,1H3. The van der Waals surface area contributed by atoms with E-state index in [1.807, 2.05) is 0 Å². The highest BCUT2D eigenvalue weighted by molar-refractivity contribution is 7.89. The van der Waals surface area contributed by atoms with Crippen molar-refractivity contribution in [3.8, 4) is 0 Å². The Hall–Kier alpha value is -1.11. The van der Waals surface area contributed by atoms with Gasteiger partial charge in [-0.25, -0.2) is 13.1 Å². The maximum absolute atomic E-state index is 12.2. The monoisotopic (exact) mass is 284 g/mol. The lowest BCUT2D eigenvalue weighted by Crippen LogP contribution is -2.39. The van der Waals surface area contributed by atoms with Crippen LogP contribution < -0.4 is 10.5 Å². The highest BCUT2D eigenvalue weighted by Gasteiger charge is 2.29. The number of hydrogen-bond acceptors (Lipinski definition) is 4. The number of rotatable bonds is 4. The molecule has 0 aromatic heterocycles. The third kappa shape index (κ3) is 3.46. The molecule has 1 saturated heterocycles. The molecule has 1 aromatic rings. The molecule has 1 aliphatic rings. The highest BCUT2D eigenvalue weighted by atomic mass is 32.2. The van der Waals surface area contributed by atoms with E-state index in [-0.39, 0.29) is 16.0 Å². The minimum atomic E-state index is -3.54. The van der Waals surface area contributed by atoms with Crippen LogP contribution in [0.15, 0.2) is 29.2 Å². The van der Waals surface area contributed by atoms with Crippen LogP contribution in [-0.2, 0) is 14.8 Å². The number of para-hydroxylation sites is 1. The summed E-state index contributed by atoms with van der Waals surface area (Å²) in [6.07, 6.45) is 1.72. The van der Waals surface area contributed by atoms with E-state index in [0.29, 0.717) is 19.8 Å². The van der Waals surface area contributed by atoms with Crippen LogP contribution in [0.1, 0.15) is 19.8 Å². The van der Waals surface area contributed by atoms with Crippen molar-refractivity contribution in [1.82, 2.24) is 4.72 Å². The summed E-state index contributed by atoms with van der Waals surface area (Å²) >= 11 is 0. The van der Waals surface area contributed by atoms with Gasteiger partial charge in [-0.1, -0.05) is 19.1 Å². The molecule has 1 heterocycles. The van der Waals surface area contributed by atoms with Crippen molar-refractivity contribution >= 4 is 15.7 Å². The summed E-state index contributed by atoms with van der Waals surface area (Å²) < 4.78 is 32.4. The van der Waals surface area contributed by atoms with Gasteiger partial charge in [0.25, 0.3) is 0 Å². The minimum Gasteiger partial charge on any atom is -0.398 e. The molecule has 0 saturated carbocycles. The molecule has 6 heteroatoms. The van der Waals surface area contributed by atoms with Gasteiger partial charge in [-0.3, -0.25) is 0 Å². The van der Waals surface area contributed by atoms with E-state index in [2.05, 4.69) is 11.6 Å². The summed E-state index contributed by atoms with van der Waals surface area (Å²) in [4.78, 5) is 0.144. The SMILES string of the molecule is CC1(CNS(=O)(=O)c2ccccc2N)CCOCC1. The Bertz CT molecular complexity index is 537. The van der Waals surface area contributed by atoms with Crippen LogP contribution in [-0.4, -0.2) is 28.2 Å². The van der Waals surface area contributed by atoms with Crippen LogP contribution in [0, 0.1) is 5.41 Å². The fourth-order valence-electron chi connectivity index (χ4n) is 2.11. The molecular weight excluding hydrogens is 264 g/mol. The van der Waals surface area contributed by atoms with Crippen LogP contribution in [0.2, 0.25) is 0 Å². The molecule has 0 atom stereocenters. The molecular formula is C13H20N2O3S. The summed E-state index contributed by atoms with van der Waals surface area (Å²) in [5.74, 6) is 0. The van der Waals surface area contributed by atoms with Crippen LogP contribution in [0.4, 0.5) is 5.69 Å². The summed E-state index contributed by atoms with van der Waals surface area (Å²) in [5.41, 5.74) is 5.93. The van der Waals surface area contributed by atoms with Gasteiger partial charge in [-0.15, -0.1) is 0 Å². The number of nitrogens with one attached hydrogen (secondary N) is 1. The van der Waals surface area contributed by atoms with Crippen LogP contribution >= 0.6 is 0 Å². The molecule has 0 amide bonds. The maximum atomic E-state index is 12.2. The maximum Gasteiger partial charge on any atom is 0.242 e. The van der Waals surface area contributed by atoms with Crippen LogP contribution in [0.3, 0.4) is 0 Å². The van der Waals surface area contributed by atoms with E-state index in [0.717, 1.165) is 12.8 Å². The fourth-order valence-corrected chi connectivity index (χ4v) is 3.44. The van der Waals surface area contributed by atoms with Gasteiger partial charge < -0.3 is 10.5 Å². The third-order valence-electron chi connectivity index (χ3n) is 3.60. The molecule has 0 unspecified atom stereocenters. The van der Waals surface area contributed by atoms with Gasteiger partial charge in [-0.2, -0.15) is 0 Å². The Balaban J connectivity index is 2.08. The average molecular weight is 284 g/mol. The van der Waals surface area contributed by atoms with Crippen molar-refractivity contribution < 1.29 is 13.2 Å². The predicted octanol–water partition coefficient (Wildman–Crippen LogP) is 1.36. The molecule has 0 bridgehead atoms. The Morgan fingerprint density at radius 1 is 1.32 bits per heavy atom. The summed E-state index contributed by atoms with van der Waals surface area (Å²) in [5, 5.41) is 0. The minimum absolute atomic E-state index is 0.0468. The number of sulfonamides is 1. The molecule has 19 heavy (non-hydrogen) atoms. The van der Waals surface area contributed by atoms with Crippen LogP contribution in [0.25, 0.3) is 0 Å². The van der Waals surface area contributed by atoms with Crippen LogP contribution in [0.5, 0.6) is 0 Å². The summed E-state index contributed by atoms with van der Waals surface area (Å²) in [6, 6.07) is 6.49. The second kappa shape index (κ2) is 5.48. The summed E-state index contributed by atoms with van der Waals surface area (Å²) in [6.45, 7) is 3.86. The largest absolute Gasteiger partial charge is 0.398 e. The molecule has 3 N–H and O–H groups in total. The Morgan fingerprint density at radius 2 is 1.95 bits per heavy atom. The van der Waals surface area contributed by atoms with Gasteiger partial charge in [0, 0.05) is 19.8 Å². The first-order chi connectivity index (χ1) is 8.93.